The van der Waals surface area contributed by atoms with Gasteiger partial charge in [0, 0.05) is 24.6 Å². The molecule has 2 aliphatic heterocycles. The molecule has 0 saturated carbocycles. The number of carbonyl (C=O) groups is 1. The maximum atomic E-state index is 12.6. The predicted molar refractivity (Wildman–Crippen MR) is 86.0 cm³/mol. The lowest BCUT2D eigenvalue weighted by Crippen LogP contribution is -2.39. The number of hydrogen-bond donors (Lipinski definition) is 1. The van der Waals surface area contributed by atoms with E-state index in [0.717, 1.165) is 56.2 Å². The van der Waals surface area contributed by atoms with E-state index < -0.39 is 0 Å². The number of aromatic nitrogens is 3. The van der Waals surface area contributed by atoms with E-state index in [4.69, 9.17) is 0 Å². The Labute approximate surface area is 135 Å². The van der Waals surface area contributed by atoms with Crippen molar-refractivity contribution >= 4 is 5.91 Å². The van der Waals surface area contributed by atoms with Crippen molar-refractivity contribution in [2.75, 3.05) is 19.6 Å². The van der Waals surface area contributed by atoms with E-state index in [1.807, 2.05) is 35.2 Å². The van der Waals surface area contributed by atoms with Crippen LogP contribution < -0.4 is 5.32 Å². The summed E-state index contributed by atoms with van der Waals surface area (Å²) in [6, 6.07) is 9.45. The van der Waals surface area contributed by atoms with Gasteiger partial charge in [0.2, 0.25) is 0 Å². The Balaban J connectivity index is 1.52. The maximum Gasteiger partial charge on any atom is 0.254 e. The average molecular weight is 311 g/mol. The van der Waals surface area contributed by atoms with Gasteiger partial charge in [0.05, 0.1) is 6.54 Å². The first-order valence-electron chi connectivity index (χ1n) is 8.30. The third kappa shape index (κ3) is 2.74. The average Bonchev–Trinajstić information content (AvgIpc) is 3.06. The highest BCUT2D eigenvalue weighted by Crippen LogP contribution is 2.26. The highest BCUT2D eigenvalue weighted by Gasteiger charge is 2.28. The Kier molecular flexibility index (Phi) is 3.83. The summed E-state index contributed by atoms with van der Waals surface area (Å²) in [6.07, 6.45) is 2.23. The molecule has 2 aromatic rings. The van der Waals surface area contributed by atoms with E-state index in [0.29, 0.717) is 12.5 Å². The molecule has 1 fully saturated rings. The molecule has 0 bridgehead atoms. The van der Waals surface area contributed by atoms with Crippen LogP contribution >= 0.6 is 0 Å². The monoisotopic (exact) mass is 311 g/mol. The highest BCUT2D eigenvalue weighted by atomic mass is 16.2. The van der Waals surface area contributed by atoms with E-state index in [1.54, 1.807) is 0 Å². The lowest BCUT2D eigenvalue weighted by atomic mass is 9.97. The fourth-order valence-electron chi connectivity index (χ4n) is 3.50. The zero-order valence-corrected chi connectivity index (χ0v) is 13.1. The molecule has 0 atom stereocenters. The van der Waals surface area contributed by atoms with Crippen LogP contribution in [0.4, 0.5) is 0 Å². The summed E-state index contributed by atoms with van der Waals surface area (Å²) in [5, 5.41) is 12.2. The molecule has 1 aromatic carbocycles. The summed E-state index contributed by atoms with van der Waals surface area (Å²) >= 11 is 0. The second-order valence-corrected chi connectivity index (χ2v) is 6.24. The van der Waals surface area contributed by atoms with Crippen LogP contribution in [0.1, 0.15) is 40.8 Å². The second-order valence-electron chi connectivity index (χ2n) is 6.24. The third-order valence-electron chi connectivity index (χ3n) is 4.79. The number of nitrogens with one attached hydrogen (secondary N) is 1. The van der Waals surface area contributed by atoms with E-state index >= 15 is 0 Å². The summed E-state index contributed by atoms with van der Waals surface area (Å²) in [4.78, 5) is 14.4. The molecule has 0 spiro atoms. The van der Waals surface area contributed by atoms with Gasteiger partial charge < -0.3 is 14.8 Å². The van der Waals surface area contributed by atoms with E-state index in [1.165, 1.54) is 0 Å². The van der Waals surface area contributed by atoms with Crippen LogP contribution in [0.3, 0.4) is 0 Å². The minimum absolute atomic E-state index is 0.0725. The summed E-state index contributed by atoms with van der Waals surface area (Å²) in [6.45, 7) is 4.15. The van der Waals surface area contributed by atoms with Gasteiger partial charge in [-0.2, -0.15) is 0 Å². The number of carbonyl (C=O) groups excluding carboxylic acids is 1. The molecule has 0 radical (unpaired) electrons. The molecule has 0 aliphatic carbocycles. The SMILES string of the molecule is O=C(c1ccccc1)N1CCn2c(nnc2C2CCNCC2)C1. The molecule has 3 heterocycles. The highest BCUT2D eigenvalue weighted by molar-refractivity contribution is 5.94. The quantitative estimate of drug-likeness (QED) is 0.910. The van der Waals surface area contributed by atoms with Crippen LogP contribution in [-0.4, -0.2) is 45.2 Å². The van der Waals surface area contributed by atoms with Crippen LogP contribution in [0.15, 0.2) is 30.3 Å². The van der Waals surface area contributed by atoms with E-state index in [2.05, 4.69) is 20.1 Å². The van der Waals surface area contributed by atoms with Gasteiger partial charge in [-0.1, -0.05) is 18.2 Å². The topological polar surface area (TPSA) is 63.1 Å². The van der Waals surface area contributed by atoms with Crippen molar-refractivity contribution in [3.8, 4) is 0 Å². The van der Waals surface area contributed by atoms with E-state index in [-0.39, 0.29) is 5.91 Å². The molecule has 6 nitrogen and oxygen atoms in total. The fraction of sp³-hybridized carbons (Fsp3) is 0.471. The largest absolute Gasteiger partial charge is 0.329 e. The zero-order valence-electron chi connectivity index (χ0n) is 13.1. The number of nitrogens with zero attached hydrogens (tertiary/aromatic N) is 4. The lowest BCUT2D eigenvalue weighted by Gasteiger charge is -2.29. The van der Waals surface area contributed by atoms with Crippen LogP contribution in [0.5, 0.6) is 0 Å². The molecule has 1 N–H and O–H groups in total. The van der Waals surface area contributed by atoms with Crippen molar-refractivity contribution in [2.45, 2.75) is 31.8 Å². The number of amides is 1. The van der Waals surface area contributed by atoms with Crippen molar-refractivity contribution in [3.05, 3.63) is 47.5 Å². The van der Waals surface area contributed by atoms with Gasteiger partial charge in [0.25, 0.3) is 5.91 Å². The maximum absolute atomic E-state index is 12.6. The molecule has 1 aromatic heterocycles. The Bertz CT molecular complexity index is 690. The van der Waals surface area contributed by atoms with Crippen LogP contribution in [0.2, 0.25) is 0 Å². The molecular weight excluding hydrogens is 290 g/mol. The van der Waals surface area contributed by atoms with Crippen molar-refractivity contribution in [1.29, 1.82) is 0 Å². The number of hydrogen-bond acceptors (Lipinski definition) is 4. The Morgan fingerprint density at radius 3 is 2.65 bits per heavy atom. The van der Waals surface area contributed by atoms with Gasteiger partial charge in [-0.25, -0.2) is 0 Å². The van der Waals surface area contributed by atoms with Gasteiger partial charge in [0.15, 0.2) is 5.82 Å². The molecular formula is C17H21N5O. The summed E-state index contributed by atoms with van der Waals surface area (Å²) in [5.74, 6) is 2.58. The van der Waals surface area contributed by atoms with E-state index in [9.17, 15) is 4.79 Å². The normalized spacial score (nSPS) is 18.7. The van der Waals surface area contributed by atoms with Crippen molar-refractivity contribution < 1.29 is 4.79 Å². The van der Waals surface area contributed by atoms with Gasteiger partial charge in [-0.15, -0.1) is 10.2 Å². The van der Waals surface area contributed by atoms with Crippen LogP contribution in [-0.2, 0) is 13.1 Å². The minimum atomic E-state index is 0.0725. The molecule has 6 heteroatoms. The fourth-order valence-corrected chi connectivity index (χ4v) is 3.50. The Morgan fingerprint density at radius 2 is 1.87 bits per heavy atom. The van der Waals surface area contributed by atoms with Gasteiger partial charge >= 0.3 is 0 Å². The molecule has 0 unspecified atom stereocenters. The molecule has 23 heavy (non-hydrogen) atoms. The number of piperidine rings is 1. The predicted octanol–water partition coefficient (Wildman–Crippen LogP) is 1.40. The Morgan fingerprint density at radius 1 is 1.09 bits per heavy atom. The van der Waals surface area contributed by atoms with Crippen molar-refractivity contribution in [2.24, 2.45) is 0 Å². The first kappa shape index (κ1) is 14.4. The van der Waals surface area contributed by atoms with Crippen LogP contribution in [0.25, 0.3) is 0 Å². The van der Waals surface area contributed by atoms with Crippen molar-refractivity contribution in [1.82, 2.24) is 25.0 Å². The molecule has 4 rings (SSSR count). The number of rotatable bonds is 2. The summed E-state index contributed by atoms with van der Waals surface area (Å²) in [5.41, 5.74) is 0.735. The third-order valence-corrected chi connectivity index (χ3v) is 4.79. The van der Waals surface area contributed by atoms with Crippen LogP contribution in [0, 0.1) is 0 Å². The standard InChI is InChI=1S/C17H21N5O/c23-17(14-4-2-1-3-5-14)21-10-11-22-15(12-21)19-20-16(22)13-6-8-18-9-7-13/h1-5,13,18H,6-12H2. The Hall–Kier alpha value is -2.21. The number of benzene rings is 1. The van der Waals surface area contributed by atoms with Gasteiger partial charge in [-0.05, 0) is 38.1 Å². The lowest BCUT2D eigenvalue weighted by molar-refractivity contribution is 0.0706. The summed E-state index contributed by atoms with van der Waals surface area (Å²) in [7, 11) is 0. The summed E-state index contributed by atoms with van der Waals surface area (Å²) < 4.78 is 2.23. The minimum Gasteiger partial charge on any atom is -0.329 e. The molecule has 1 amide bonds. The smallest absolute Gasteiger partial charge is 0.254 e. The number of fused-ring (bicyclic) bond motifs is 1. The van der Waals surface area contributed by atoms with Gasteiger partial charge in [-0.3, -0.25) is 4.79 Å². The molecule has 2 aliphatic rings. The molecule has 1 saturated heterocycles. The first-order chi connectivity index (χ1) is 11.3. The molecule has 120 valence electrons. The van der Waals surface area contributed by atoms with Gasteiger partial charge in [0.1, 0.15) is 5.82 Å². The second kappa shape index (κ2) is 6.12. The van der Waals surface area contributed by atoms with Crippen molar-refractivity contribution in [3.63, 3.8) is 0 Å². The zero-order chi connectivity index (χ0) is 15.6. The first-order valence-corrected chi connectivity index (χ1v) is 8.30.